The molecule has 4 atom stereocenters. The number of amides is 1. The van der Waals surface area contributed by atoms with Crippen molar-refractivity contribution in [3.05, 3.63) is 52.2 Å². The molecule has 1 aromatic rings. The minimum absolute atomic E-state index is 0.118. The second-order valence-electron chi connectivity index (χ2n) is 5.77. The zero-order chi connectivity index (χ0) is 16.1. The van der Waals surface area contributed by atoms with Gasteiger partial charge in [-0.15, -0.1) is 0 Å². The number of carbonyl (C=O) groups is 2. The van der Waals surface area contributed by atoms with Gasteiger partial charge in [-0.2, -0.15) is 0 Å². The summed E-state index contributed by atoms with van der Waals surface area (Å²) in [6.07, 6.45) is 3.41. The van der Waals surface area contributed by atoms with E-state index in [1.54, 1.807) is 12.1 Å². The molecule has 1 aliphatic carbocycles. The highest BCUT2D eigenvalue weighted by molar-refractivity contribution is 9.10. The van der Waals surface area contributed by atoms with E-state index in [0.717, 1.165) is 4.47 Å². The highest BCUT2D eigenvalue weighted by atomic mass is 79.9. The van der Waals surface area contributed by atoms with Gasteiger partial charge in [0.2, 0.25) is 0 Å². The Morgan fingerprint density at radius 2 is 1.83 bits per heavy atom. The fourth-order valence-corrected chi connectivity index (χ4v) is 3.84. The van der Waals surface area contributed by atoms with Crippen LogP contribution in [0, 0.1) is 11.8 Å². The lowest BCUT2D eigenvalue weighted by Gasteiger charge is -2.17. The molecule has 6 heteroatoms. The highest BCUT2D eigenvalue weighted by Gasteiger charge is 2.58. The Labute approximate surface area is 141 Å². The third-order valence-corrected chi connectivity index (χ3v) is 5.08. The quantitative estimate of drug-likeness (QED) is 0.650. The molecule has 2 heterocycles. The van der Waals surface area contributed by atoms with Crippen molar-refractivity contribution in [3.8, 4) is 0 Å². The molecule has 4 unspecified atom stereocenters. The number of ether oxygens (including phenoxy) is 2. The van der Waals surface area contributed by atoms with Gasteiger partial charge < -0.3 is 14.8 Å². The van der Waals surface area contributed by atoms with Crippen LogP contribution in [0.1, 0.15) is 0 Å². The molecule has 5 nitrogen and oxygen atoms in total. The molecular weight excluding hydrogens is 362 g/mol. The summed E-state index contributed by atoms with van der Waals surface area (Å²) in [5.41, 5.74) is 0.746. The molecule has 0 spiro atoms. The number of fused-ring (bicyclic) bond motifs is 5. The van der Waals surface area contributed by atoms with Crippen LogP contribution < -0.4 is 5.32 Å². The summed E-state index contributed by atoms with van der Waals surface area (Å²) < 4.78 is 12.0. The fourth-order valence-electron chi connectivity index (χ4n) is 3.58. The summed E-state index contributed by atoms with van der Waals surface area (Å²) in [4.78, 5) is 25.3. The third-order valence-electron chi connectivity index (χ3n) is 4.55. The molecular formula is C17H14BrNO4. The second kappa shape index (κ2) is 5.32. The first kappa shape index (κ1) is 14.7. The number of Topliss-reactive ketones (excluding diaryl/α,β-unsaturated/α-hetero) is 1. The monoisotopic (exact) mass is 375 g/mol. The minimum Gasteiger partial charge on any atom is -0.500 e. The van der Waals surface area contributed by atoms with E-state index in [9.17, 15) is 9.59 Å². The lowest BCUT2D eigenvalue weighted by molar-refractivity contribution is -0.122. The Morgan fingerprint density at radius 1 is 1.17 bits per heavy atom. The molecule has 0 aromatic heterocycles. The SMILES string of the molecule is COC1=C(C(=O)Nc2ccc(Br)cc2)C(=O)C2C3C=CC(O3)C12. The number of benzene rings is 1. The lowest BCUT2D eigenvalue weighted by Crippen LogP contribution is -2.28. The maximum atomic E-state index is 12.7. The van der Waals surface area contributed by atoms with Gasteiger partial charge in [0.05, 0.1) is 31.2 Å². The van der Waals surface area contributed by atoms with Crippen LogP contribution in [-0.4, -0.2) is 31.0 Å². The molecule has 0 saturated carbocycles. The summed E-state index contributed by atoms with van der Waals surface area (Å²) in [7, 11) is 1.49. The molecule has 4 rings (SSSR count). The van der Waals surface area contributed by atoms with Gasteiger partial charge in [-0.25, -0.2) is 0 Å². The number of hydrogen-bond acceptors (Lipinski definition) is 4. The number of rotatable bonds is 3. The van der Waals surface area contributed by atoms with Crippen molar-refractivity contribution in [1.29, 1.82) is 0 Å². The van der Waals surface area contributed by atoms with Crippen molar-refractivity contribution >= 4 is 33.3 Å². The number of ketones is 1. The van der Waals surface area contributed by atoms with Gasteiger partial charge in [0.15, 0.2) is 5.78 Å². The topological polar surface area (TPSA) is 64.6 Å². The van der Waals surface area contributed by atoms with Crippen LogP contribution >= 0.6 is 15.9 Å². The predicted molar refractivity (Wildman–Crippen MR) is 86.6 cm³/mol. The van der Waals surface area contributed by atoms with Gasteiger partial charge in [-0.05, 0) is 24.3 Å². The van der Waals surface area contributed by atoms with Crippen LogP contribution in [-0.2, 0) is 19.1 Å². The van der Waals surface area contributed by atoms with Crippen LogP contribution in [0.4, 0.5) is 5.69 Å². The molecule has 1 saturated heterocycles. The molecule has 23 heavy (non-hydrogen) atoms. The Hall–Kier alpha value is -1.92. The van der Waals surface area contributed by atoms with Crippen LogP contribution in [0.15, 0.2) is 52.2 Å². The zero-order valence-corrected chi connectivity index (χ0v) is 13.9. The standard InChI is InChI=1S/C17H14BrNO4/c1-22-16-13-11-7-6-10(23-11)12(13)15(20)14(16)17(21)19-9-4-2-8(18)3-5-9/h2-7,10-13H,1H3,(H,19,21). The first-order valence-electron chi connectivity index (χ1n) is 7.33. The van der Waals surface area contributed by atoms with E-state index in [-0.39, 0.29) is 35.4 Å². The third kappa shape index (κ3) is 2.16. The van der Waals surface area contributed by atoms with Crippen LogP contribution in [0.5, 0.6) is 0 Å². The van der Waals surface area contributed by atoms with Crippen LogP contribution in [0.2, 0.25) is 0 Å². The zero-order valence-electron chi connectivity index (χ0n) is 12.3. The van der Waals surface area contributed by atoms with Gasteiger partial charge >= 0.3 is 0 Å². The summed E-state index contributed by atoms with van der Waals surface area (Å²) in [5.74, 6) is -0.716. The molecule has 3 aliphatic rings. The largest absolute Gasteiger partial charge is 0.500 e. The maximum absolute atomic E-state index is 12.7. The average molecular weight is 376 g/mol. The number of halogens is 1. The van der Waals surface area contributed by atoms with Crippen LogP contribution in [0.3, 0.4) is 0 Å². The highest BCUT2D eigenvalue weighted by Crippen LogP contribution is 2.49. The van der Waals surface area contributed by atoms with Gasteiger partial charge in [0, 0.05) is 10.2 Å². The molecule has 0 radical (unpaired) electrons. The van der Waals surface area contributed by atoms with Gasteiger partial charge in [-0.3, -0.25) is 9.59 Å². The molecule has 1 fully saturated rings. The lowest BCUT2D eigenvalue weighted by atomic mass is 9.84. The van der Waals surface area contributed by atoms with Crippen molar-refractivity contribution in [2.75, 3.05) is 12.4 Å². The van der Waals surface area contributed by atoms with Gasteiger partial charge in [0.25, 0.3) is 5.91 Å². The number of methoxy groups -OCH3 is 1. The van der Waals surface area contributed by atoms with E-state index >= 15 is 0 Å². The Morgan fingerprint density at radius 3 is 2.48 bits per heavy atom. The number of carbonyl (C=O) groups excluding carboxylic acids is 2. The first-order chi connectivity index (χ1) is 11.1. The molecule has 1 aromatic carbocycles. The van der Waals surface area contributed by atoms with Crippen molar-refractivity contribution < 1.29 is 19.1 Å². The van der Waals surface area contributed by atoms with Crippen molar-refractivity contribution in [2.24, 2.45) is 11.8 Å². The van der Waals surface area contributed by atoms with E-state index in [1.165, 1.54) is 7.11 Å². The summed E-state index contributed by atoms with van der Waals surface area (Å²) in [5, 5.41) is 2.77. The van der Waals surface area contributed by atoms with Crippen molar-refractivity contribution in [3.63, 3.8) is 0 Å². The molecule has 1 N–H and O–H groups in total. The molecule has 118 valence electrons. The first-order valence-corrected chi connectivity index (χ1v) is 8.12. The van der Waals surface area contributed by atoms with Gasteiger partial charge in [0.1, 0.15) is 11.3 Å². The van der Waals surface area contributed by atoms with E-state index in [0.29, 0.717) is 11.4 Å². The predicted octanol–water partition coefficient (Wildman–Crippen LogP) is 2.44. The van der Waals surface area contributed by atoms with E-state index < -0.39 is 5.91 Å². The smallest absolute Gasteiger partial charge is 0.262 e. The van der Waals surface area contributed by atoms with E-state index in [2.05, 4.69) is 21.2 Å². The van der Waals surface area contributed by atoms with Crippen molar-refractivity contribution in [1.82, 2.24) is 0 Å². The average Bonchev–Trinajstić information content (AvgIpc) is 3.21. The normalized spacial score (nSPS) is 30.8. The second-order valence-corrected chi connectivity index (χ2v) is 6.69. The van der Waals surface area contributed by atoms with Crippen molar-refractivity contribution in [2.45, 2.75) is 12.2 Å². The van der Waals surface area contributed by atoms with E-state index in [1.807, 2.05) is 24.3 Å². The Balaban J connectivity index is 1.64. The summed E-state index contributed by atoms with van der Waals surface area (Å²) >= 11 is 3.34. The fraction of sp³-hybridized carbons (Fsp3) is 0.294. The minimum atomic E-state index is -0.428. The summed E-state index contributed by atoms with van der Waals surface area (Å²) in [6, 6.07) is 7.18. The Bertz CT molecular complexity index is 752. The number of hydrogen-bond donors (Lipinski definition) is 1. The van der Waals surface area contributed by atoms with E-state index in [4.69, 9.17) is 9.47 Å². The molecule has 1 amide bonds. The number of nitrogens with one attached hydrogen (secondary N) is 1. The molecule has 2 bridgehead atoms. The van der Waals surface area contributed by atoms with Gasteiger partial charge in [-0.1, -0.05) is 28.1 Å². The Kier molecular flexibility index (Phi) is 3.39. The summed E-state index contributed by atoms with van der Waals surface area (Å²) in [6.45, 7) is 0. The maximum Gasteiger partial charge on any atom is 0.262 e. The number of anilines is 1. The van der Waals surface area contributed by atoms with Crippen LogP contribution in [0.25, 0.3) is 0 Å². The molecule has 2 aliphatic heterocycles.